The molecule has 4 unspecified atom stereocenters. The lowest BCUT2D eigenvalue weighted by molar-refractivity contribution is 0.0985. The van der Waals surface area contributed by atoms with Crippen LogP contribution in [0.15, 0.2) is 15.0 Å². The Kier molecular flexibility index (Phi) is 5.97. The summed E-state index contributed by atoms with van der Waals surface area (Å²) in [4.78, 5) is 42.2. The van der Waals surface area contributed by atoms with Gasteiger partial charge >= 0.3 is 0 Å². The van der Waals surface area contributed by atoms with E-state index in [1.165, 1.54) is 0 Å². The molecule has 2 saturated carbocycles. The summed E-state index contributed by atoms with van der Waals surface area (Å²) in [6.07, 6.45) is 10.9. The molecule has 2 aliphatic carbocycles. The van der Waals surface area contributed by atoms with E-state index in [9.17, 15) is 14.4 Å². The van der Waals surface area contributed by atoms with E-state index in [1.807, 2.05) is 0 Å². The van der Waals surface area contributed by atoms with E-state index < -0.39 is 0 Å². The summed E-state index contributed by atoms with van der Waals surface area (Å²) < 4.78 is 0. The van der Waals surface area contributed by atoms with Crippen LogP contribution in [0.2, 0.25) is 0 Å². The van der Waals surface area contributed by atoms with Gasteiger partial charge in [-0.2, -0.15) is 0 Å². The van der Waals surface area contributed by atoms with Gasteiger partial charge in [0.05, 0.1) is 19.6 Å². The van der Waals surface area contributed by atoms with Gasteiger partial charge in [-0.3, -0.25) is 0 Å². The van der Waals surface area contributed by atoms with Gasteiger partial charge in [0.15, 0.2) is 0 Å². The fourth-order valence-corrected chi connectivity index (χ4v) is 4.78. The standard InChI is InChI=1S/C16H21N3O3/c20-10-17-4-1-2-14-6-13-7-15(3-5-18-11-21)16(14,8-13)9-19-12-22/h13-15H,1-9H2. The minimum atomic E-state index is 0.0331. The highest BCUT2D eigenvalue weighted by Crippen LogP contribution is 2.63. The Hall–Kier alpha value is -1.86. The summed E-state index contributed by atoms with van der Waals surface area (Å²) in [6, 6.07) is 0. The average molecular weight is 303 g/mol. The van der Waals surface area contributed by atoms with E-state index in [1.54, 1.807) is 18.2 Å². The van der Waals surface area contributed by atoms with Gasteiger partial charge in [0, 0.05) is 0 Å². The molecular formula is C16H21N3O3. The van der Waals surface area contributed by atoms with E-state index in [2.05, 4.69) is 15.0 Å². The van der Waals surface area contributed by atoms with Crippen molar-refractivity contribution < 1.29 is 14.4 Å². The maximum absolute atomic E-state index is 10.6. The molecule has 2 aliphatic rings. The Morgan fingerprint density at radius 3 is 2.18 bits per heavy atom. The Balaban J connectivity index is 2.06. The van der Waals surface area contributed by atoms with Crippen molar-refractivity contribution in [1.82, 2.24) is 0 Å². The van der Waals surface area contributed by atoms with Crippen molar-refractivity contribution in [2.75, 3.05) is 19.6 Å². The van der Waals surface area contributed by atoms with Crippen LogP contribution in [0.5, 0.6) is 0 Å². The summed E-state index contributed by atoms with van der Waals surface area (Å²) in [6.45, 7) is 1.53. The van der Waals surface area contributed by atoms with Crippen LogP contribution in [0.25, 0.3) is 0 Å². The molecule has 2 bridgehead atoms. The number of aliphatic imine (C=N–C) groups is 3. The topological polar surface area (TPSA) is 88.3 Å². The molecule has 0 aromatic rings. The van der Waals surface area contributed by atoms with Crippen molar-refractivity contribution in [3.63, 3.8) is 0 Å². The highest BCUT2D eigenvalue weighted by molar-refractivity contribution is 5.34. The van der Waals surface area contributed by atoms with Crippen LogP contribution in [-0.2, 0) is 14.4 Å². The predicted molar refractivity (Wildman–Crippen MR) is 79.6 cm³/mol. The number of hydrogen-bond acceptors (Lipinski definition) is 6. The quantitative estimate of drug-likeness (QED) is 0.371. The summed E-state index contributed by atoms with van der Waals surface area (Å²) >= 11 is 0. The zero-order chi connectivity index (χ0) is 15.8. The molecule has 0 N–H and O–H groups in total. The second-order valence-electron chi connectivity index (χ2n) is 6.45. The van der Waals surface area contributed by atoms with Gasteiger partial charge in [0.25, 0.3) is 0 Å². The lowest BCUT2D eigenvalue weighted by atomic mass is 9.65. The first-order chi connectivity index (χ1) is 10.8. The number of hydrogen-bond donors (Lipinski definition) is 0. The van der Waals surface area contributed by atoms with Crippen LogP contribution in [-0.4, -0.2) is 37.9 Å². The molecule has 118 valence electrons. The molecule has 0 heterocycles. The van der Waals surface area contributed by atoms with E-state index in [-0.39, 0.29) is 5.41 Å². The number of carbonyl (C=O) groups excluding carboxylic acids is 3. The van der Waals surface area contributed by atoms with Crippen molar-refractivity contribution in [3.05, 3.63) is 0 Å². The van der Waals surface area contributed by atoms with Crippen molar-refractivity contribution in [2.24, 2.45) is 38.1 Å². The molecule has 0 aliphatic heterocycles. The summed E-state index contributed by atoms with van der Waals surface area (Å²) in [5.41, 5.74) is 0.0331. The molecule has 4 atom stereocenters. The second kappa shape index (κ2) is 7.95. The third kappa shape index (κ3) is 3.48. The monoisotopic (exact) mass is 303 g/mol. The average Bonchev–Trinajstić information content (AvgIpc) is 3.05. The number of nitrogens with zero attached hydrogens (tertiary/aromatic N) is 3. The van der Waals surface area contributed by atoms with Crippen molar-refractivity contribution >= 4 is 18.2 Å². The fraction of sp³-hybridized carbons (Fsp3) is 0.812. The first kappa shape index (κ1) is 16.5. The lowest BCUT2D eigenvalue weighted by Crippen LogP contribution is -2.37. The molecule has 0 saturated heterocycles. The fourth-order valence-electron chi connectivity index (χ4n) is 4.78. The Labute approximate surface area is 129 Å². The third-order valence-corrected chi connectivity index (χ3v) is 5.51. The van der Waals surface area contributed by atoms with Gasteiger partial charge in [-0.25, -0.2) is 29.4 Å². The molecule has 6 heteroatoms. The van der Waals surface area contributed by atoms with Gasteiger partial charge in [0.1, 0.15) is 0 Å². The smallest absolute Gasteiger partial charge is 0.211 e. The number of fused-ring (bicyclic) bond motifs is 2. The summed E-state index contributed by atoms with van der Waals surface area (Å²) in [7, 11) is 0. The molecule has 0 aromatic carbocycles. The Bertz CT molecular complexity index is 531. The maximum Gasteiger partial charge on any atom is 0.234 e. The SMILES string of the molecule is O=C=NCCCC1CC2CC(CCN=C=O)C1(CN=C=O)C2. The van der Waals surface area contributed by atoms with Crippen molar-refractivity contribution in [2.45, 2.75) is 38.5 Å². The molecule has 0 aromatic heterocycles. The van der Waals surface area contributed by atoms with Crippen LogP contribution < -0.4 is 0 Å². The predicted octanol–water partition coefficient (Wildman–Crippen LogP) is 2.20. The largest absolute Gasteiger partial charge is 0.234 e. The normalized spacial score (nSPS) is 31.9. The summed E-state index contributed by atoms with van der Waals surface area (Å²) in [5.74, 6) is 1.61. The van der Waals surface area contributed by atoms with E-state index in [0.717, 1.165) is 38.5 Å². The molecule has 0 radical (unpaired) electrons. The van der Waals surface area contributed by atoms with Gasteiger partial charge in [0.2, 0.25) is 18.2 Å². The Morgan fingerprint density at radius 1 is 0.864 bits per heavy atom. The molecular weight excluding hydrogens is 282 g/mol. The van der Waals surface area contributed by atoms with E-state index in [4.69, 9.17) is 0 Å². The zero-order valence-corrected chi connectivity index (χ0v) is 12.7. The number of rotatable bonds is 9. The Morgan fingerprint density at radius 2 is 1.50 bits per heavy atom. The van der Waals surface area contributed by atoms with Crippen LogP contribution in [0, 0.1) is 23.2 Å². The molecule has 0 spiro atoms. The molecule has 6 nitrogen and oxygen atoms in total. The molecule has 2 rings (SSSR count). The highest BCUT2D eigenvalue weighted by atomic mass is 16.1. The minimum Gasteiger partial charge on any atom is -0.211 e. The van der Waals surface area contributed by atoms with Crippen LogP contribution >= 0.6 is 0 Å². The summed E-state index contributed by atoms with van der Waals surface area (Å²) in [5, 5.41) is 0. The van der Waals surface area contributed by atoms with Gasteiger partial charge in [-0.1, -0.05) is 0 Å². The van der Waals surface area contributed by atoms with Gasteiger partial charge < -0.3 is 0 Å². The first-order valence-corrected chi connectivity index (χ1v) is 7.87. The van der Waals surface area contributed by atoms with Crippen molar-refractivity contribution in [1.29, 1.82) is 0 Å². The zero-order valence-electron chi connectivity index (χ0n) is 12.7. The first-order valence-electron chi connectivity index (χ1n) is 7.87. The van der Waals surface area contributed by atoms with E-state index in [0.29, 0.717) is 37.4 Å². The van der Waals surface area contributed by atoms with Gasteiger partial charge in [-0.15, -0.1) is 0 Å². The highest BCUT2D eigenvalue weighted by Gasteiger charge is 2.56. The van der Waals surface area contributed by atoms with Crippen LogP contribution in [0.1, 0.15) is 38.5 Å². The molecule has 22 heavy (non-hydrogen) atoms. The van der Waals surface area contributed by atoms with Crippen LogP contribution in [0.4, 0.5) is 0 Å². The third-order valence-electron chi connectivity index (χ3n) is 5.51. The van der Waals surface area contributed by atoms with Gasteiger partial charge in [-0.05, 0) is 61.7 Å². The van der Waals surface area contributed by atoms with Crippen LogP contribution in [0.3, 0.4) is 0 Å². The molecule has 2 fully saturated rings. The second-order valence-corrected chi connectivity index (χ2v) is 6.45. The minimum absolute atomic E-state index is 0.0331. The maximum atomic E-state index is 10.6. The molecule has 0 amide bonds. The number of isocyanates is 3. The lowest BCUT2D eigenvalue weighted by Gasteiger charge is -2.40. The van der Waals surface area contributed by atoms with E-state index >= 15 is 0 Å². The van der Waals surface area contributed by atoms with Crippen molar-refractivity contribution in [3.8, 4) is 0 Å².